The third-order valence-electron chi connectivity index (χ3n) is 3.98. The fraction of sp³-hybridized carbons (Fsp3) is 0.400. The molecule has 0 unspecified atom stereocenters. The van der Waals surface area contributed by atoms with E-state index in [4.69, 9.17) is 10.5 Å². The van der Waals surface area contributed by atoms with Crippen molar-refractivity contribution in [3.63, 3.8) is 0 Å². The van der Waals surface area contributed by atoms with Crippen LogP contribution in [0.5, 0.6) is 5.75 Å². The van der Waals surface area contributed by atoms with Gasteiger partial charge in [0, 0.05) is 31.6 Å². The normalized spacial score (nSPS) is 15.2. The zero-order valence-electron chi connectivity index (χ0n) is 12.7. The van der Waals surface area contributed by atoms with Crippen LogP contribution in [-0.4, -0.2) is 54.6 Å². The first-order valence-corrected chi connectivity index (χ1v) is 7.18. The largest absolute Gasteiger partial charge is 0.496 e. The number of benzene rings is 1. The second-order valence-corrected chi connectivity index (χ2v) is 5.38. The van der Waals surface area contributed by atoms with Crippen molar-refractivity contribution in [3.05, 3.63) is 17.7 Å². The number of fused-ring (bicyclic) bond motifs is 1. The van der Waals surface area contributed by atoms with Gasteiger partial charge in [0.1, 0.15) is 11.6 Å². The molecule has 7 heteroatoms. The van der Waals surface area contributed by atoms with Crippen LogP contribution in [0.1, 0.15) is 5.56 Å². The zero-order chi connectivity index (χ0) is 15.7. The summed E-state index contributed by atoms with van der Waals surface area (Å²) in [7, 11) is 1.63. The summed E-state index contributed by atoms with van der Waals surface area (Å²) >= 11 is 0. The summed E-state index contributed by atoms with van der Waals surface area (Å²) in [5, 5.41) is 0.790. The van der Waals surface area contributed by atoms with Crippen LogP contribution in [0.4, 0.5) is 11.8 Å². The highest BCUT2D eigenvalue weighted by Gasteiger charge is 2.19. The summed E-state index contributed by atoms with van der Waals surface area (Å²) in [6.45, 7) is 4.73. The minimum atomic E-state index is 0.441. The lowest BCUT2D eigenvalue weighted by Crippen LogP contribution is -2.46. The second kappa shape index (κ2) is 5.67. The van der Waals surface area contributed by atoms with Gasteiger partial charge in [-0.15, -0.1) is 0 Å². The molecule has 3 rings (SSSR count). The Kier molecular flexibility index (Phi) is 3.70. The summed E-state index contributed by atoms with van der Waals surface area (Å²) in [5.74, 6) is 1.83. The van der Waals surface area contributed by atoms with E-state index in [-0.39, 0.29) is 0 Å². The van der Waals surface area contributed by atoms with E-state index in [1.54, 1.807) is 12.0 Å². The van der Waals surface area contributed by atoms with Crippen LogP contribution in [0.25, 0.3) is 10.9 Å². The Morgan fingerprint density at radius 2 is 1.95 bits per heavy atom. The fourth-order valence-electron chi connectivity index (χ4n) is 2.66. The van der Waals surface area contributed by atoms with Gasteiger partial charge in [-0.05, 0) is 24.6 Å². The van der Waals surface area contributed by atoms with Crippen molar-refractivity contribution < 1.29 is 9.53 Å². The minimum absolute atomic E-state index is 0.441. The van der Waals surface area contributed by atoms with Crippen molar-refractivity contribution in [1.82, 2.24) is 14.9 Å². The van der Waals surface area contributed by atoms with Gasteiger partial charge in [-0.1, -0.05) is 0 Å². The maximum absolute atomic E-state index is 10.8. The molecule has 0 radical (unpaired) electrons. The molecule has 1 fully saturated rings. The molecule has 116 valence electrons. The number of hydrogen-bond acceptors (Lipinski definition) is 6. The molecule has 1 amide bonds. The fourth-order valence-corrected chi connectivity index (χ4v) is 2.66. The number of carbonyl (C=O) groups is 1. The molecule has 2 N–H and O–H groups in total. The minimum Gasteiger partial charge on any atom is -0.496 e. The highest BCUT2D eigenvalue weighted by atomic mass is 16.5. The van der Waals surface area contributed by atoms with Gasteiger partial charge >= 0.3 is 0 Å². The molecule has 1 saturated heterocycles. The van der Waals surface area contributed by atoms with Crippen molar-refractivity contribution in [2.45, 2.75) is 6.92 Å². The standard InChI is InChI=1S/C15H19N5O2/c1-10-7-12-11(8-13(10)22-2)14(16)18-15(17-12)20-5-3-19(9-21)4-6-20/h7-9H,3-6H2,1-2H3,(H2,16,17,18). The number of aryl methyl sites for hydroxylation is 1. The van der Waals surface area contributed by atoms with Gasteiger partial charge in [-0.3, -0.25) is 4.79 Å². The molecule has 1 aromatic carbocycles. The molecule has 0 bridgehead atoms. The molecule has 0 atom stereocenters. The van der Waals surface area contributed by atoms with E-state index in [0.29, 0.717) is 37.9 Å². The average molecular weight is 301 g/mol. The van der Waals surface area contributed by atoms with E-state index in [1.165, 1.54) is 0 Å². The molecular formula is C15H19N5O2. The average Bonchev–Trinajstić information content (AvgIpc) is 2.54. The molecule has 1 aliphatic rings. The van der Waals surface area contributed by atoms with Crippen LogP contribution in [0.3, 0.4) is 0 Å². The topological polar surface area (TPSA) is 84.6 Å². The first kappa shape index (κ1) is 14.4. The lowest BCUT2D eigenvalue weighted by molar-refractivity contribution is -0.118. The van der Waals surface area contributed by atoms with Crippen LogP contribution in [0, 0.1) is 6.92 Å². The summed E-state index contributed by atoms with van der Waals surface area (Å²) in [5.41, 5.74) is 7.90. The Morgan fingerprint density at radius 3 is 2.59 bits per heavy atom. The molecule has 2 aromatic rings. The zero-order valence-corrected chi connectivity index (χ0v) is 12.7. The van der Waals surface area contributed by atoms with Crippen molar-refractivity contribution in [2.75, 3.05) is 43.9 Å². The van der Waals surface area contributed by atoms with Gasteiger partial charge in [0.2, 0.25) is 12.4 Å². The first-order chi connectivity index (χ1) is 10.6. The van der Waals surface area contributed by atoms with Crippen molar-refractivity contribution in [2.24, 2.45) is 0 Å². The van der Waals surface area contributed by atoms with Crippen LogP contribution < -0.4 is 15.4 Å². The summed E-state index contributed by atoms with van der Waals surface area (Å²) in [4.78, 5) is 23.6. The number of nitrogens with zero attached hydrogens (tertiary/aromatic N) is 4. The number of amides is 1. The highest BCUT2D eigenvalue weighted by Crippen LogP contribution is 2.28. The number of hydrogen-bond donors (Lipinski definition) is 1. The quantitative estimate of drug-likeness (QED) is 0.844. The van der Waals surface area contributed by atoms with Gasteiger partial charge < -0.3 is 20.3 Å². The molecule has 1 aromatic heterocycles. The van der Waals surface area contributed by atoms with Crippen LogP contribution in [0.15, 0.2) is 12.1 Å². The Bertz CT molecular complexity index is 711. The van der Waals surface area contributed by atoms with Crippen molar-refractivity contribution in [3.8, 4) is 5.75 Å². The van der Waals surface area contributed by atoms with E-state index < -0.39 is 0 Å². The van der Waals surface area contributed by atoms with E-state index in [1.807, 2.05) is 19.1 Å². The highest BCUT2D eigenvalue weighted by molar-refractivity contribution is 5.91. The number of nitrogens with two attached hydrogens (primary N) is 1. The van der Waals surface area contributed by atoms with Crippen LogP contribution in [0.2, 0.25) is 0 Å². The molecule has 0 aliphatic carbocycles. The van der Waals surface area contributed by atoms with Crippen molar-refractivity contribution >= 4 is 29.1 Å². The molecule has 0 saturated carbocycles. The van der Waals surface area contributed by atoms with Gasteiger partial charge in [0.05, 0.1) is 12.6 Å². The van der Waals surface area contributed by atoms with Gasteiger partial charge in [0.15, 0.2) is 0 Å². The van der Waals surface area contributed by atoms with Crippen LogP contribution in [-0.2, 0) is 4.79 Å². The molecule has 1 aliphatic heterocycles. The molecular weight excluding hydrogens is 282 g/mol. The maximum Gasteiger partial charge on any atom is 0.228 e. The summed E-state index contributed by atoms with van der Waals surface area (Å²) < 4.78 is 5.32. The number of nitrogen functional groups attached to an aromatic ring is 1. The van der Waals surface area contributed by atoms with E-state index >= 15 is 0 Å². The Balaban J connectivity index is 1.97. The predicted octanol–water partition coefficient (Wildman–Crippen LogP) is 0.807. The Labute approximate surface area is 128 Å². The SMILES string of the molecule is COc1cc2c(N)nc(N3CCN(C=O)CC3)nc2cc1C. The Morgan fingerprint density at radius 1 is 1.23 bits per heavy atom. The van der Waals surface area contributed by atoms with Gasteiger partial charge in [0.25, 0.3) is 0 Å². The molecule has 0 spiro atoms. The number of aromatic nitrogens is 2. The monoisotopic (exact) mass is 301 g/mol. The van der Waals surface area contributed by atoms with Crippen LogP contribution >= 0.6 is 0 Å². The molecule has 22 heavy (non-hydrogen) atoms. The third-order valence-corrected chi connectivity index (χ3v) is 3.98. The lowest BCUT2D eigenvalue weighted by atomic mass is 10.1. The number of ether oxygens (including phenoxy) is 1. The van der Waals surface area contributed by atoms with E-state index in [0.717, 1.165) is 28.6 Å². The lowest BCUT2D eigenvalue weighted by Gasteiger charge is -2.32. The first-order valence-electron chi connectivity index (χ1n) is 7.18. The molecule has 2 heterocycles. The number of rotatable bonds is 3. The summed E-state index contributed by atoms with van der Waals surface area (Å²) in [6.07, 6.45) is 0.878. The van der Waals surface area contributed by atoms with E-state index in [2.05, 4.69) is 14.9 Å². The number of anilines is 2. The number of carbonyl (C=O) groups excluding carboxylic acids is 1. The summed E-state index contributed by atoms with van der Waals surface area (Å²) in [6, 6.07) is 3.82. The third kappa shape index (κ3) is 2.49. The smallest absolute Gasteiger partial charge is 0.228 e. The number of piperazine rings is 1. The van der Waals surface area contributed by atoms with Gasteiger partial charge in [-0.25, -0.2) is 4.98 Å². The predicted molar refractivity (Wildman–Crippen MR) is 85.1 cm³/mol. The Hall–Kier alpha value is -2.57. The number of methoxy groups -OCH3 is 1. The van der Waals surface area contributed by atoms with E-state index in [9.17, 15) is 4.79 Å². The molecule has 7 nitrogen and oxygen atoms in total. The van der Waals surface area contributed by atoms with Gasteiger partial charge in [-0.2, -0.15) is 4.98 Å². The van der Waals surface area contributed by atoms with Crippen molar-refractivity contribution in [1.29, 1.82) is 0 Å². The second-order valence-electron chi connectivity index (χ2n) is 5.38. The maximum atomic E-state index is 10.8.